The Balaban J connectivity index is 2.44. The zero-order valence-corrected chi connectivity index (χ0v) is 13.5. The highest BCUT2D eigenvalue weighted by Crippen LogP contribution is 2.34. The van der Waals surface area contributed by atoms with Crippen LogP contribution >= 0.6 is 11.3 Å². The van der Waals surface area contributed by atoms with E-state index in [1.165, 1.54) is 13.0 Å². The molecular formula is C13H14F3N3O4S. The molecule has 0 radical (unpaired) electrons. The summed E-state index contributed by atoms with van der Waals surface area (Å²) in [6.07, 6.45) is -4.42. The summed E-state index contributed by atoms with van der Waals surface area (Å²) in [7, 11) is 0. The molecule has 0 spiro atoms. The van der Waals surface area contributed by atoms with Crippen molar-refractivity contribution >= 4 is 35.1 Å². The molecule has 0 unspecified atom stereocenters. The van der Waals surface area contributed by atoms with E-state index in [1.807, 2.05) is 0 Å². The van der Waals surface area contributed by atoms with Crippen LogP contribution < -0.4 is 10.6 Å². The van der Waals surface area contributed by atoms with Crippen LogP contribution in [0.25, 0.3) is 0 Å². The van der Waals surface area contributed by atoms with Gasteiger partial charge < -0.3 is 10.1 Å². The van der Waals surface area contributed by atoms with E-state index < -0.39 is 35.6 Å². The Hall–Kier alpha value is -2.43. The minimum absolute atomic E-state index is 0.0492. The zero-order chi connectivity index (χ0) is 18.3. The maximum absolute atomic E-state index is 12.4. The predicted molar refractivity (Wildman–Crippen MR) is 79.4 cm³/mol. The molecular weight excluding hydrogens is 351 g/mol. The average molecular weight is 365 g/mol. The standard InChI is InChI=1S/C13H14F3N3O4S/c1-7(18-11(21)6-23-8(2)20)19-12(22)17-5-9-3-4-10(24-9)13(14,15)16/h3-4H,5-6H2,1-2H3,(H2,17,18,19,21,22). The van der Waals surface area contributed by atoms with Crippen molar-refractivity contribution in [3.05, 3.63) is 21.9 Å². The highest BCUT2D eigenvalue weighted by Gasteiger charge is 2.32. The molecule has 24 heavy (non-hydrogen) atoms. The van der Waals surface area contributed by atoms with Crippen molar-refractivity contribution in [1.29, 1.82) is 0 Å². The van der Waals surface area contributed by atoms with Crippen LogP contribution in [0.5, 0.6) is 0 Å². The Morgan fingerprint density at radius 3 is 2.46 bits per heavy atom. The molecule has 1 rings (SSSR count). The first-order valence-electron chi connectivity index (χ1n) is 6.50. The van der Waals surface area contributed by atoms with E-state index in [1.54, 1.807) is 0 Å². The fraction of sp³-hybridized carbons (Fsp3) is 0.385. The quantitative estimate of drug-likeness (QED) is 0.485. The number of ether oxygens (including phenoxy) is 1. The van der Waals surface area contributed by atoms with Gasteiger partial charge in [-0.3, -0.25) is 14.9 Å². The summed E-state index contributed by atoms with van der Waals surface area (Å²) in [5, 5.41) is 4.56. The number of carbonyl (C=O) groups is 3. The highest BCUT2D eigenvalue weighted by atomic mass is 32.1. The van der Waals surface area contributed by atoms with Gasteiger partial charge in [-0.15, -0.1) is 11.3 Å². The third-order valence-corrected chi connectivity index (χ3v) is 3.48. The van der Waals surface area contributed by atoms with Crippen LogP contribution in [0.3, 0.4) is 0 Å². The van der Waals surface area contributed by atoms with Crippen LogP contribution in [0.1, 0.15) is 23.6 Å². The summed E-state index contributed by atoms with van der Waals surface area (Å²) in [4.78, 5) is 36.4. The van der Waals surface area contributed by atoms with Crippen LogP contribution in [0.4, 0.5) is 18.0 Å². The van der Waals surface area contributed by atoms with E-state index in [-0.39, 0.29) is 12.4 Å². The molecule has 3 amide bonds. The first kappa shape index (κ1) is 19.6. The van der Waals surface area contributed by atoms with Crippen molar-refractivity contribution in [1.82, 2.24) is 10.6 Å². The maximum Gasteiger partial charge on any atom is 0.425 e. The Bertz CT molecular complexity index is 655. The smallest absolute Gasteiger partial charge is 0.425 e. The molecule has 7 nitrogen and oxygen atoms in total. The number of amides is 3. The van der Waals surface area contributed by atoms with Gasteiger partial charge in [-0.2, -0.15) is 18.2 Å². The lowest BCUT2D eigenvalue weighted by Gasteiger charge is -2.06. The second-order valence-electron chi connectivity index (χ2n) is 4.44. The van der Waals surface area contributed by atoms with Gasteiger partial charge in [-0.25, -0.2) is 4.79 Å². The van der Waals surface area contributed by atoms with Crippen molar-refractivity contribution < 1.29 is 32.3 Å². The molecule has 0 atom stereocenters. The molecule has 0 bridgehead atoms. The van der Waals surface area contributed by atoms with E-state index in [4.69, 9.17) is 0 Å². The molecule has 0 aliphatic heterocycles. The number of nitrogens with one attached hydrogen (secondary N) is 2. The molecule has 0 saturated carbocycles. The van der Waals surface area contributed by atoms with Gasteiger partial charge in [0.25, 0.3) is 5.91 Å². The number of thiophene rings is 1. The lowest BCUT2D eigenvalue weighted by molar-refractivity contribution is -0.145. The Kier molecular flexibility index (Phi) is 6.89. The van der Waals surface area contributed by atoms with E-state index in [0.717, 1.165) is 13.0 Å². The van der Waals surface area contributed by atoms with Crippen molar-refractivity contribution in [3.63, 3.8) is 0 Å². The van der Waals surface area contributed by atoms with Gasteiger partial charge in [0.05, 0.1) is 6.54 Å². The van der Waals surface area contributed by atoms with Crippen LogP contribution in [0.15, 0.2) is 17.1 Å². The monoisotopic (exact) mass is 365 g/mol. The summed E-state index contributed by atoms with van der Waals surface area (Å²) in [5.74, 6) is -1.46. The molecule has 11 heteroatoms. The van der Waals surface area contributed by atoms with Gasteiger partial charge in [-0.05, 0) is 19.1 Å². The van der Waals surface area contributed by atoms with Gasteiger partial charge >= 0.3 is 18.2 Å². The highest BCUT2D eigenvalue weighted by molar-refractivity contribution is 7.12. The summed E-state index contributed by atoms with van der Waals surface area (Å²) < 4.78 is 41.7. The van der Waals surface area contributed by atoms with Crippen LogP contribution in [0.2, 0.25) is 0 Å². The number of amidine groups is 1. The maximum atomic E-state index is 12.4. The number of hydrogen-bond acceptors (Lipinski definition) is 5. The lowest BCUT2D eigenvalue weighted by Crippen LogP contribution is -2.38. The molecule has 0 aliphatic carbocycles. The van der Waals surface area contributed by atoms with Gasteiger partial charge in [0, 0.05) is 11.8 Å². The topological polar surface area (TPSA) is 96.9 Å². The van der Waals surface area contributed by atoms with E-state index in [9.17, 15) is 27.6 Å². The predicted octanol–water partition coefficient (Wildman–Crippen LogP) is 2.07. The normalized spacial score (nSPS) is 11.8. The number of esters is 1. The summed E-state index contributed by atoms with van der Waals surface area (Å²) >= 11 is 0.520. The minimum Gasteiger partial charge on any atom is -0.456 e. The van der Waals surface area contributed by atoms with Crippen LogP contribution in [-0.4, -0.2) is 30.4 Å². The Labute approximate surface area is 138 Å². The molecule has 132 valence electrons. The average Bonchev–Trinajstić information content (AvgIpc) is 2.91. The van der Waals surface area contributed by atoms with E-state index in [0.29, 0.717) is 16.2 Å². The van der Waals surface area contributed by atoms with Crippen LogP contribution in [-0.2, 0) is 27.0 Å². The zero-order valence-electron chi connectivity index (χ0n) is 12.7. The minimum atomic E-state index is -4.42. The molecule has 0 aromatic carbocycles. The van der Waals surface area contributed by atoms with Gasteiger partial charge in [-0.1, -0.05) is 0 Å². The molecule has 0 aliphatic rings. The van der Waals surface area contributed by atoms with Crippen molar-refractivity contribution in [2.75, 3.05) is 6.61 Å². The number of nitrogens with zero attached hydrogens (tertiary/aromatic N) is 1. The number of aliphatic imine (C=N–C) groups is 1. The Morgan fingerprint density at radius 2 is 1.92 bits per heavy atom. The summed E-state index contributed by atoms with van der Waals surface area (Å²) in [6.45, 7) is 1.80. The van der Waals surface area contributed by atoms with E-state index in [2.05, 4.69) is 20.4 Å². The number of hydrogen-bond donors (Lipinski definition) is 2. The first-order chi connectivity index (χ1) is 11.1. The summed E-state index contributed by atoms with van der Waals surface area (Å²) in [5.41, 5.74) is 0. The molecule has 1 aromatic rings. The molecule has 1 heterocycles. The number of alkyl halides is 3. The fourth-order valence-electron chi connectivity index (χ4n) is 1.41. The van der Waals surface area contributed by atoms with Gasteiger partial charge in [0.1, 0.15) is 10.7 Å². The van der Waals surface area contributed by atoms with E-state index >= 15 is 0 Å². The number of rotatable bonds is 4. The van der Waals surface area contributed by atoms with Crippen molar-refractivity contribution in [2.45, 2.75) is 26.6 Å². The van der Waals surface area contributed by atoms with Crippen molar-refractivity contribution in [2.24, 2.45) is 4.99 Å². The Morgan fingerprint density at radius 1 is 1.25 bits per heavy atom. The van der Waals surface area contributed by atoms with Gasteiger partial charge in [0.15, 0.2) is 6.61 Å². The molecule has 0 fully saturated rings. The second kappa shape index (κ2) is 8.43. The SMILES string of the molecule is CC(=O)OCC(=O)N=C(C)NC(=O)NCc1ccc(C(F)(F)F)s1. The second-order valence-corrected chi connectivity index (χ2v) is 5.61. The largest absolute Gasteiger partial charge is 0.456 e. The number of carbonyl (C=O) groups excluding carboxylic acids is 3. The number of urea groups is 1. The lowest BCUT2D eigenvalue weighted by atomic mass is 10.4. The van der Waals surface area contributed by atoms with Crippen molar-refractivity contribution in [3.8, 4) is 0 Å². The van der Waals surface area contributed by atoms with Gasteiger partial charge in [0.2, 0.25) is 0 Å². The molecule has 0 saturated heterocycles. The third-order valence-electron chi connectivity index (χ3n) is 2.35. The number of halogens is 3. The molecule has 1 aromatic heterocycles. The third kappa shape index (κ3) is 7.22. The fourth-order valence-corrected chi connectivity index (χ4v) is 2.23. The first-order valence-corrected chi connectivity index (χ1v) is 7.32. The summed E-state index contributed by atoms with van der Waals surface area (Å²) in [6, 6.07) is 1.45. The molecule has 2 N–H and O–H groups in total. The van der Waals surface area contributed by atoms with Crippen LogP contribution in [0, 0.1) is 0 Å².